The maximum Gasteiger partial charge on any atom is 0.329 e. The van der Waals surface area contributed by atoms with Gasteiger partial charge in [-0.15, -0.1) is 0 Å². The molecule has 1 rings (SSSR count). The lowest BCUT2D eigenvalue weighted by molar-refractivity contribution is -0.144. The second kappa shape index (κ2) is 6.45. The average molecular weight is 282 g/mol. The van der Waals surface area contributed by atoms with Crippen molar-refractivity contribution in [2.24, 2.45) is 0 Å². The van der Waals surface area contributed by atoms with Gasteiger partial charge in [0.25, 0.3) is 0 Å². The molecule has 0 aliphatic rings. The third-order valence-corrected chi connectivity index (χ3v) is 3.15. The molecule has 0 fully saturated rings. The van der Waals surface area contributed by atoms with Crippen LogP contribution < -0.4 is 10.6 Å². The van der Waals surface area contributed by atoms with Crippen LogP contribution in [-0.4, -0.2) is 22.6 Å². The lowest BCUT2D eigenvalue weighted by Gasteiger charge is -2.26. The third kappa shape index (κ3) is 4.01. The zero-order valence-electron chi connectivity index (χ0n) is 12.3. The Hall–Kier alpha value is -1.98. The molecule has 3 N–H and O–H groups in total. The fourth-order valence-corrected chi connectivity index (χ4v) is 1.96. The van der Waals surface area contributed by atoms with E-state index in [1.807, 2.05) is 19.9 Å². The van der Waals surface area contributed by atoms with Gasteiger partial charge in [-0.2, -0.15) is 0 Å². The second-order valence-electron chi connectivity index (χ2n) is 5.16. The van der Waals surface area contributed by atoms with Crippen LogP contribution in [0.4, 0.5) is 4.79 Å². The van der Waals surface area contributed by atoms with Crippen molar-refractivity contribution in [2.45, 2.75) is 52.1 Å². The minimum Gasteiger partial charge on any atom is -0.480 e. The highest BCUT2D eigenvalue weighted by atomic mass is 16.4. The van der Waals surface area contributed by atoms with Crippen molar-refractivity contribution in [1.29, 1.82) is 0 Å². The minimum atomic E-state index is -1.27. The molecule has 0 aliphatic heterocycles. The summed E-state index contributed by atoms with van der Waals surface area (Å²) in [4.78, 5) is 23.1. The molecule has 2 amide bonds. The van der Waals surface area contributed by atoms with Crippen LogP contribution in [0.3, 0.4) is 0 Å². The van der Waals surface area contributed by atoms with Gasteiger partial charge < -0.3 is 20.2 Å². The smallest absolute Gasteiger partial charge is 0.329 e. The first-order valence-corrected chi connectivity index (χ1v) is 6.67. The summed E-state index contributed by atoms with van der Waals surface area (Å²) in [6.45, 7) is 6.96. The number of carboxylic acids is 1. The Morgan fingerprint density at radius 2 is 2.10 bits per heavy atom. The summed E-state index contributed by atoms with van der Waals surface area (Å²) in [5.41, 5.74) is -1.27. The summed E-state index contributed by atoms with van der Waals surface area (Å²) in [5, 5.41) is 14.4. The summed E-state index contributed by atoms with van der Waals surface area (Å²) in [6, 6.07) is 2.74. The Bertz CT molecular complexity index is 483. The van der Waals surface area contributed by atoms with Crippen LogP contribution in [0.15, 0.2) is 16.5 Å². The fourth-order valence-electron chi connectivity index (χ4n) is 1.96. The van der Waals surface area contributed by atoms with Gasteiger partial charge in [-0.3, -0.25) is 0 Å². The lowest BCUT2D eigenvalue weighted by atomic mass is 9.96. The number of carbonyl (C=O) groups is 2. The van der Waals surface area contributed by atoms with Gasteiger partial charge in [0.15, 0.2) is 0 Å². The molecule has 2 atom stereocenters. The summed E-state index contributed by atoms with van der Waals surface area (Å²) >= 11 is 0. The molecule has 6 nitrogen and oxygen atoms in total. The molecule has 1 aromatic heterocycles. The maximum absolute atomic E-state index is 11.9. The monoisotopic (exact) mass is 282 g/mol. The first kappa shape index (κ1) is 16.1. The fraction of sp³-hybridized carbons (Fsp3) is 0.571. The van der Waals surface area contributed by atoms with E-state index in [4.69, 9.17) is 4.42 Å². The van der Waals surface area contributed by atoms with E-state index in [0.717, 1.165) is 5.76 Å². The van der Waals surface area contributed by atoms with E-state index in [1.165, 1.54) is 6.92 Å². The number of nitrogens with one attached hydrogen (secondary N) is 2. The van der Waals surface area contributed by atoms with Gasteiger partial charge in [-0.05, 0) is 39.3 Å². The second-order valence-corrected chi connectivity index (χ2v) is 5.16. The van der Waals surface area contributed by atoms with E-state index < -0.39 is 17.5 Å². The summed E-state index contributed by atoms with van der Waals surface area (Å²) in [6.07, 6.45) is 1.03. The highest BCUT2D eigenvalue weighted by Gasteiger charge is 2.34. The molecule has 0 bridgehead atoms. The van der Waals surface area contributed by atoms with Crippen LogP contribution in [0.2, 0.25) is 0 Å². The molecule has 0 aliphatic carbocycles. The van der Waals surface area contributed by atoms with Gasteiger partial charge in [-0.1, -0.05) is 13.3 Å². The first-order valence-electron chi connectivity index (χ1n) is 6.67. The van der Waals surface area contributed by atoms with Crippen molar-refractivity contribution in [3.8, 4) is 0 Å². The van der Waals surface area contributed by atoms with Crippen LogP contribution in [-0.2, 0) is 4.79 Å². The van der Waals surface area contributed by atoms with Crippen molar-refractivity contribution < 1.29 is 19.1 Å². The predicted molar refractivity (Wildman–Crippen MR) is 74.5 cm³/mol. The number of rotatable bonds is 6. The van der Waals surface area contributed by atoms with Crippen molar-refractivity contribution in [3.05, 3.63) is 23.7 Å². The third-order valence-electron chi connectivity index (χ3n) is 3.15. The zero-order chi connectivity index (χ0) is 15.3. The van der Waals surface area contributed by atoms with E-state index in [2.05, 4.69) is 10.6 Å². The summed E-state index contributed by atoms with van der Waals surface area (Å²) in [5.74, 6) is 0.344. The highest BCUT2D eigenvalue weighted by molar-refractivity contribution is 5.85. The van der Waals surface area contributed by atoms with E-state index in [9.17, 15) is 14.7 Å². The van der Waals surface area contributed by atoms with Gasteiger partial charge in [0.1, 0.15) is 17.1 Å². The Kier molecular flexibility index (Phi) is 5.19. The van der Waals surface area contributed by atoms with Gasteiger partial charge in [0, 0.05) is 0 Å². The largest absolute Gasteiger partial charge is 0.480 e. The quantitative estimate of drug-likeness (QED) is 0.747. The Morgan fingerprint density at radius 1 is 1.45 bits per heavy atom. The Labute approximate surface area is 118 Å². The van der Waals surface area contributed by atoms with E-state index in [0.29, 0.717) is 18.6 Å². The molecular weight excluding hydrogens is 260 g/mol. The molecular formula is C14H22N2O4. The Morgan fingerprint density at radius 3 is 2.55 bits per heavy atom. The molecule has 20 heavy (non-hydrogen) atoms. The Balaban J connectivity index is 2.64. The predicted octanol–water partition coefficient (Wildman–Crippen LogP) is 2.59. The first-order chi connectivity index (χ1) is 9.28. The van der Waals surface area contributed by atoms with Crippen LogP contribution in [0.5, 0.6) is 0 Å². The maximum atomic E-state index is 11.9. The molecule has 2 unspecified atom stereocenters. The number of aliphatic carboxylic acids is 1. The molecule has 112 valence electrons. The highest BCUT2D eigenvalue weighted by Crippen LogP contribution is 2.16. The van der Waals surface area contributed by atoms with Crippen molar-refractivity contribution in [1.82, 2.24) is 10.6 Å². The van der Waals surface area contributed by atoms with Gasteiger partial charge in [0.2, 0.25) is 0 Å². The van der Waals surface area contributed by atoms with E-state index in [1.54, 1.807) is 13.0 Å². The van der Waals surface area contributed by atoms with Crippen molar-refractivity contribution in [3.63, 3.8) is 0 Å². The number of carbonyl (C=O) groups excluding carboxylic acids is 1. The summed E-state index contributed by atoms with van der Waals surface area (Å²) < 4.78 is 5.41. The molecule has 0 saturated heterocycles. The minimum absolute atomic E-state index is 0.330. The molecule has 0 aromatic carbocycles. The molecule has 0 spiro atoms. The van der Waals surface area contributed by atoms with Gasteiger partial charge in [0.05, 0.1) is 6.04 Å². The van der Waals surface area contributed by atoms with E-state index >= 15 is 0 Å². The number of amides is 2. The van der Waals surface area contributed by atoms with Gasteiger partial charge >= 0.3 is 12.0 Å². The van der Waals surface area contributed by atoms with E-state index in [-0.39, 0.29) is 6.04 Å². The lowest BCUT2D eigenvalue weighted by Crippen LogP contribution is -2.55. The molecule has 0 radical (unpaired) electrons. The van der Waals surface area contributed by atoms with Crippen LogP contribution in [0, 0.1) is 6.92 Å². The number of aryl methyl sites for hydroxylation is 1. The van der Waals surface area contributed by atoms with Crippen LogP contribution in [0.25, 0.3) is 0 Å². The molecule has 1 aromatic rings. The standard InChI is InChI=1S/C14H22N2O4/c1-5-8-14(4,12(17)18)16-13(19)15-10(3)11-7-6-9(2)20-11/h6-7,10H,5,8H2,1-4H3,(H,17,18)(H2,15,16,19). The number of furan rings is 1. The number of hydrogen-bond acceptors (Lipinski definition) is 3. The molecule has 6 heteroatoms. The molecule has 0 saturated carbocycles. The number of carboxylic acid groups (broad SMARTS) is 1. The van der Waals surface area contributed by atoms with Crippen LogP contribution in [0.1, 0.15) is 51.2 Å². The molecule has 1 heterocycles. The van der Waals surface area contributed by atoms with Crippen LogP contribution >= 0.6 is 0 Å². The normalized spacial score (nSPS) is 15.2. The summed E-state index contributed by atoms with van der Waals surface area (Å²) in [7, 11) is 0. The SMILES string of the molecule is CCCC(C)(NC(=O)NC(C)c1ccc(C)o1)C(=O)O. The van der Waals surface area contributed by atoms with Crippen molar-refractivity contribution in [2.75, 3.05) is 0 Å². The van der Waals surface area contributed by atoms with Crippen molar-refractivity contribution >= 4 is 12.0 Å². The number of hydrogen-bond donors (Lipinski definition) is 3. The average Bonchev–Trinajstić information content (AvgIpc) is 2.75. The number of urea groups is 1. The van der Waals surface area contributed by atoms with Gasteiger partial charge in [-0.25, -0.2) is 9.59 Å². The topological polar surface area (TPSA) is 91.6 Å². The zero-order valence-corrected chi connectivity index (χ0v) is 12.3.